The number of hydrogen-bond donors (Lipinski definition) is 1. The minimum atomic E-state index is -1.68. The molecule has 0 radical (unpaired) electrons. The summed E-state index contributed by atoms with van der Waals surface area (Å²) in [6.07, 6.45) is 0. The minimum absolute atomic E-state index is 0.338. The number of carbonyl (C=O) groups is 1. The van der Waals surface area contributed by atoms with Crippen LogP contribution in [-0.2, 0) is 0 Å². The van der Waals surface area contributed by atoms with Crippen molar-refractivity contribution in [2.24, 2.45) is 0 Å². The monoisotopic (exact) mass is 459 g/mol. The molecular weight excluding hydrogens is 452 g/mol. The standard InChI is InChI=1S/C15H10Cl5NOS2/c16-9-1-5-11(6-2-9)23-13(15(18,19)20)21-14(22)24-12-7-3-10(17)4-8-12/h1-8,13H,(H,21,22). The summed E-state index contributed by atoms with van der Waals surface area (Å²) in [4.78, 5) is 13.8. The molecule has 2 nitrogen and oxygen atoms in total. The molecule has 0 heterocycles. The molecule has 1 N–H and O–H groups in total. The van der Waals surface area contributed by atoms with Gasteiger partial charge in [0.25, 0.3) is 5.24 Å². The summed E-state index contributed by atoms with van der Waals surface area (Å²) in [5.41, 5.74) is 0. The topological polar surface area (TPSA) is 29.1 Å². The Morgan fingerprint density at radius 3 is 1.79 bits per heavy atom. The number of carbonyl (C=O) groups excluding carboxylic acids is 1. The van der Waals surface area contributed by atoms with Crippen molar-refractivity contribution in [3.8, 4) is 0 Å². The summed E-state index contributed by atoms with van der Waals surface area (Å²) in [7, 11) is 0. The number of alkyl halides is 3. The summed E-state index contributed by atoms with van der Waals surface area (Å²) in [5.74, 6) is 0. The van der Waals surface area contributed by atoms with E-state index in [-0.39, 0.29) is 5.24 Å². The van der Waals surface area contributed by atoms with Crippen molar-refractivity contribution in [3.05, 3.63) is 58.6 Å². The summed E-state index contributed by atoms with van der Waals surface area (Å²) in [5, 5.41) is 2.80. The number of amides is 1. The third-order valence-corrected chi connectivity index (χ3v) is 6.25. The normalized spacial score (nSPS) is 12.7. The fourth-order valence-corrected chi connectivity index (χ4v) is 3.99. The van der Waals surface area contributed by atoms with Crippen LogP contribution in [-0.4, -0.2) is 14.4 Å². The van der Waals surface area contributed by atoms with Crippen LogP contribution >= 0.6 is 81.5 Å². The first-order valence-electron chi connectivity index (χ1n) is 6.47. The molecule has 2 rings (SSSR count). The van der Waals surface area contributed by atoms with Crippen LogP contribution in [0.2, 0.25) is 10.0 Å². The first-order chi connectivity index (χ1) is 11.2. The lowest BCUT2D eigenvalue weighted by Gasteiger charge is -2.24. The van der Waals surface area contributed by atoms with E-state index in [0.29, 0.717) is 10.0 Å². The van der Waals surface area contributed by atoms with Gasteiger partial charge in [0.15, 0.2) is 0 Å². The van der Waals surface area contributed by atoms with E-state index < -0.39 is 9.17 Å². The Hall–Kier alpha value is 0.0600. The number of nitrogens with one attached hydrogen (secondary N) is 1. The van der Waals surface area contributed by atoms with E-state index in [4.69, 9.17) is 58.0 Å². The maximum Gasteiger partial charge on any atom is 0.284 e. The maximum atomic E-state index is 12.2. The summed E-state index contributed by atoms with van der Waals surface area (Å²) < 4.78 is -1.68. The van der Waals surface area contributed by atoms with E-state index in [1.165, 1.54) is 11.8 Å². The van der Waals surface area contributed by atoms with Gasteiger partial charge in [0.1, 0.15) is 5.37 Å². The number of thioether (sulfide) groups is 2. The Bertz CT molecular complexity index is 689. The van der Waals surface area contributed by atoms with Gasteiger partial charge in [0, 0.05) is 19.8 Å². The van der Waals surface area contributed by atoms with Gasteiger partial charge < -0.3 is 5.32 Å². The Morgan fingerprint density at radius 1 is 0.875 bits per heavy atom. The molecule has 0 aliphatic rings. The lowest BCUT2D eigenvalue weighted by molar-refractivity contribution is 0.260. The van der Waals surface area contributed by atoms with Gasteiger partial charge in [-0.25, -0.2) is 0 Å². The Labute approximate surface area is 173 Å². The zero-order valence-corrected chi connectivity index (χ0v) is 17.2. The van der Waals surface area contributed by atoms with Gasteiger partial charge in [-0.1, -0.05) is 69.8 Å². The molecule has 2 aromatic rings. The van der Waals surface area contributed by atoms with Gasteiger partial charge in [0.05, 0.1) is 0 Å². The molecule has 1 amide bonds. The predicted molar refractivity (Wildman–Crippen MR) is 107 cm³/mol. The SMILES string of the molecule is O=C(NC(Sc1ccc(Cl)cc1)C(Cl)(Cl)Cl)Sc1ccc(Cl)cc1. The van der Waals surface area contributed by atoms with Crippen molar-refractivity contribution in [1.82, 2.24) is 5.32 Å². The molecule has 1 atom stereocenters. The Morgan fingerprint density at radius 2 is 1.33 bits per heavy atom. The Balaban J connectivity index is 2.04. The van der Waals surface area contributed by atoms with E-state index in [2.05, 4.69) is 5.32 Å². The molecule has 1 unspecified atom stereocenters. The molecule has 128 valence electrons. The van der Waals surface area contributed by atoms with E-state index in [1.807, 2.05) is 0 Å². The predicted octanol–water partition coefficient (Wildman–Crippen LogP) is 7.28. The number of rotatable bonds is 4. The third-order valence-electron chi connectivity index (χ3n) is 2.64. The van der Waals surface area contributed by atoms with Crippen LogP contribution in [0.15, 0.2) is 58.3 Å². The fourth-order valence-electron chi connectivity index (χ4n) is 1.57. The highest BCUT2D eigenvalue weighted by Crippen LogP contribution is 2.40. The zero-order valence-electron chi connectivity index (χ0n) is 11.8. The molecule has 0 saturated carbocycles. The summed E-state index contributed by atoms with van der Waals surface area (Å²) in [6.45, 7) is 0. The Kier molecular flexibility index (Phi) is 7.75. The van der Waals surface area contributed by atoms with Crippen LogP contribution in [0.4, 0.5) is 4.79 Å². The molecule has 0 aliphatic heterocycles. The molecule has 0 aliphatic carbocycles. The lowest BCUT2D eigenvalue weighted by Crippen LogP contribution is -2.39. The highest BCUT2D eigenvalue weighted by Gasteiger charge is 2.35. The van der Waals surface area contributed by atoms with Gasteiger partial charge in [-0.15, -0.1) is 0 Å². The van der Waals surface area contributed by atoms with Crippen LogP contribution in [0.25, 0.3) is 0 Å². The van der Waals surface area contributed by atoms with E-state index in [0.717, 1.165) is 21.6 Å². The molecule has 24 heavy (non-hydrogen) atoms. The van der Waals surface area contributed by atoms with Crippen molar-refractivity contribution in [3.63, 3.8) is 0 Å². The second-order valence-electron chi connectivity index (χ2n) is 4.48. The first kappa shape index (κ1) is 20.4. The van der Waals surface area contributed by atoms with Gasteiger partial charge in [-0.05, 0) is 60.3 Å². The quantitative estimate of drug-likeness (QED) is 0.295. The summed E-state index contributed by atoms with van der Waals surface area (Å²) in [6, 6.07) is 13.9. The van der Waals surface area contributed by atoms with Crippen molar-refractivity contribution in [2.45, 2.75) is 19.0 Å². The molecule has 0 fully saturated rings. The highest BCUT2D eigenvalue weighted by molar-refractivity contribution is 8.13. The lowest BCUT2D eigenvalue weighted by atomic mass is 10.4. The number of hydrogen-bond acceptors (Lipinski definition) is 3. The molecule has 0 aromatic heterocycles. The average Bonchev–Trinajstić information content (AvgIpc) is 2.50. The van der Waals surface area contributed by atoms with Crippen LogP contribution in [0.3, 0.4) is 0 Å². The molecule has 2 aromatic carbocycles. The second-order valence-corrected chi connectivity index (χ2v) is 9.95. The highest BCUT2D eigenvalue weighted by atomic mass is 35.6. The zero-order chi connectivity index (χ0) is 17.7. The summed E-state index contributed by atoms with van der Waals surface area (Å²) >= 11 is 31.9. The first-order valence-corrected chi connectivity index (χ1v) is 10.1. The third kappa shape index (κ3) is 6.75. The van der Waals surface area contributed by atoms with Crippen LogP contribution < -0.4 is 5.32 Å². The van der Waals surface area contributed by atoms with Crippen LogP contribution in [0, 0.1) is 0 Å². The largest absolute Gasteiger partial charge is 0.330 e. The van der Waals surface area contributed by atoms with E-state index >= 15 is 0 Å². The van der Waals surface area contributed by atoms with Gasteiger partial charge in [-0.3, -0.25) is 4.79 Å². The molecule has 9 heteroatoms. The van der Waals surface area contributed by atoms with Gasteiger partial charge in [0.2, 0.25) is 3.79 Å². The number of halogens is 5. The maximum absolute atomic E-state index is 12.2. The van der Waals surface area contributed by atoms with Gasteiger partial charge >= 0.3 is 0 Å². The van der Waals surface area contributed by atoms with Gasteiger partial charge in [-0.2, -0.15) is 0 Å². The van der Waals surface area contributed by atoms with E-state index in [1.54, 1.807) is 48.5 Å². The van der Waals surface area contributed by atoms with Crippen molar-refractivity contribution in [1.29, 1.82) is 0 Å². The van der Waals surface area contributed by atoms with Crippen molar-refractivity contribution >= 4 is 86.8 Å². The molecule has 0 bridgehead atoms. The minimum Gasteiger partial charge on any atom is -0.330 e. The second kappa shape index (κ2) is 9.13. The molecular formula is C15H10Cl5NOS2. The van der Waals surface area contributed by atoms with Crippen LogP contribution in [0.1, 0.15) is 0 Å². The average molecular weight is 462 g/mol. The van der Waals surface area contributed by atoms with Crippen molar-refractivity contribution < 1.29 is 4.79 Å². The smallest absolute Gasteiger partial charge is 0.284 e. The van der Waals surface area contributed by atoms with Crippen LogP contribution in [0.5, 0.6) is 0 Å². The fraction of sp³-hybridized carbons (Fsp3) is 0.133. The van der Waals surface area contributed by atoms with Crippen molar-refractivity contribution in [2.75, 3.05) is 0 Å². The molecule has 0 saturated heterocycles. The van der Waals surface area contributed by atoms with E-state index in [9.17, 15) is 4.79 Å². The molecule has 0 spiro atoms. The number of benzene rings is 2.